The van der Waals surface area contributed by atoms with Crippen LogP contribution in [0.1, 0.15) is 43.7 Å². The van der Waals surface area contributed by atoms with E-state index < -0.39 is 11.8 Å². The molecule has 43 heavy (non-hydrogen) atoms. The summed E-state index contributed by atoms with van der Waals surface area (Å²) in [6, 6.07) is 27.6. The second kappa shape index (κ2) is 14.3. The number of hydrogen-bond acceptors (Lipinski definition) is 5. The van der Waals surface area contributed by atoms with Gasteiger partial charge in [0.1, 0.15) is 6.61 Å². The highest BCUT2D eigenvalue weighted by atomic mass is 16.5. The first kappa shape index (κ1) is 30.2. The third-order valence-corrected chi connectivity index (χ3v) is 8.70. The minimum atomic E-state index is -0.536. The Bertz CT molecular complexity index is 1410. The Labute approximate surface area is 254 Å². The molecule has 2 aliphatic carbocycles. The maximum absolute atomic E-state index is 13.2. The number of ether oxygens (including phenoxy) is 1. The number of allylic oxidation sites excluding steroid dienone is 2. The standard InChI is InChI=1S/C36H42N4O3/c1-25(36(42)43-24-27-9-4-2-5-10-27)21-32(22-26-15-17-29(18-16-26)28-11-6-3-7-12-28)39-35(41)34(37)40(38)20-19-30-13-8-14-31-23-33(30)31/h2-12,14-18,25,30-33,37H,13,19-24,38H2,1H3,(H,39,41)/t25-,30?,31?,32+,33?/m1/s1. The molecular formula is C36H42N4O3. The van der Waals surface area contributed by atoms with E-state index in [1.807, 2.05) is 67.6 Å². The highest BCUT2D eigenvalue weighted by Gasteiger charge is 2.42. The molecule has 0 aromatic heterocycles. The van der Waals surface area contributed by atoms with Crippen molar-refractivity contribution >= 4 is 17.7 Å². The van der Waals surface area contributed by atoms with Crippen LogP contribution in [0.5, 0.6) is 0 Å². The quantitative estimate of drug-likeness (QED) is 0.0619. The van der Waals surface area contributed by atoms with Crippen LogP contribution < -0.4 is 11.2 Å². The summed E-state index contributed by atoms with van der Waals surface area (Å²) in [6.07, 6.45) is 8.58. The number of amidine groups is 1. The predicted molar refractivity (Wildman–Crippen MR) is 170 cm³/mol. The highest BCUT2D eigenvalue weighted by Crippen LogP contribution is 2.50. The van der Waals surface area contributed by atoms with E-state index in [0.717, 1.165) is 41.0 Å². The van der Waals surface area contributed by atoms with Crippen molar-refractivity contribution in [2.24, 2.45) is 29.5 Å². The summed E-state index contributed by atoms with van der Waals surface area (Å²) >= 11 is 0. The lowest BCUT2D eigenvalue weighted by molar-refractivity contribution is -0.149. The maximum Gasteiger partial charge on any atom is 0.309 e. The molecule has 0 spiro atoms. The summed E-state index contributed by atoms with van der Waals surface area (Å²) < 4.78 is 5.57. The summed E-state index contributed by atoms with van der Waals surface area (Å²) in [4.78, 5) is 26.1. The SMILES string of the molecule is C[C@H](C[C@@H](Cc1ccc(-c2ccccc2)cc1)NC(=O)C(=N)N(N)CCC1CC=CC2CC21)C(=O)OCc1ccccc1. The molecule has 3 aromatic carbocycles. The average molecular weight is 579 g/mol. The van der Waals surface area contributed by atoms with Gasteiger partial charge in [0.25, 0.3) is 5.91 Å². The molecule has 0 heterocycles. The van der Waals surface area contributed by atoms with E-state index in [9.17, 15) is 9.59 Å². The van der Waals surface area contributed by atoms with Crippen LogP contribution in [0.15, 0.2) is 97.1 Å². The number of amides is 1. The summed E-state index contributed by atoms with van der Waals surface area (Å²) in [5.74, 6) is 6.61. The first-order valence-corrected chi connectivity index (χ1v) is 15.3. The molecule has 1 saturated carbocycles. The van der Waals surface area contributed by atoms with Crippen molar-refractivity contribution in [2.45, 2.75) is 51.7 Å². The first-order valence-electron chi connectivity index (χ1n) is 15.3. The van der Waals surface area contributed by atoms with Gasteiger partial charge in [0.2, 0.25) is 5.84 Å². The summed E-state index contributed by atoms with van der Waals surface area (Å²) in [5.41, 5.74) is 4.18. The van der Waals surface area contributed by atoms with Crippen LogP contribution in [-0.4, -0.2) is 35.3 Å². The molecule has 3 aromatic rings. The van der Waals surface area contributed by atoms with Gasteiger partial charge in [-0.1, -0.05) is 104 Å². The number of carbonyl (C=O) groups excluding carboxylic acids is 2. The van der Waals surface area contributed by atoms with Gasteiger partial charge in [-0.25, -0.2) is 5.84 Å². The fourth-order valence-corrected chi connectivity index (χ4v) is 6.07. The van der Waals surface area contributed by atoms with Crippen LogP contribution in [0, 0.1) is 29.1 Å². The number of nitrogens with zero attached hydrogens (tertiary/aromatic N) is 1. The van der Waals surface area contributed by atoms with Gasteiger partial charge in [0, 0.05) is 12.6 Å². The number of hydrogen-bond donors (Lipinski definition) is 3. The van der Waals surface area contributed by atoms with Crippen molar-refractivity contribution in [3.8, 4) is 11.1 Å². The van der Waals surface area contributed by atoms with Crippen molar-refractivity contribution in [1.82, 2.24) is 10.3 Å². The number of rotatable bonds is 12. The number of nitrogens with one attached hydrogen (secondary N) is 2. The Kier molecular flexibility index (Phi) is 10.1. The summed E-state index contributed by atoms with van der Waals surface area (Å²) in [6.45, 7) is 2.48. The largest absolute Gasteiger partial charge is 0.461 e. The molecule has 7 nitrogen and oxygen atoms in total. The van der Waals surface area contributed by atoms with Gasteiger partial charge in [-0.15, -0.1) is 0 Å². The van der Waals surface area contributed by atoms with E-state index in [1.54, 1.807) is 0 Å². The van der Waals surface area contributed by atoms with E-state index >= 15 is 0 Å². The van der Waals surface area contributed by atoms with Gasteiger partial charge in [0.15, 0.2) is 0 Å². The molecule has 3 unspecified atom stereocenters. The van der Waals surface area contributed by atoms with E-state index in [1.165, 1.54) is 11.4 Å². The van der Waals surface area contributed by atoms with Gasteiger partial charge in [-0.05, 0) is 72.1 Å². The number of benzene rings is 3. The van der Waals surface area contributed by atoms with Crippen molar-refractivity contribution in [2.75, 3.05) is 6.54 Å². The van der Waals surface area contributed by atoms with E-state index in [-0.39, 0.29) is 24.5 Å². The number of carbonyl (C=O) groups is 2. The predicted octanol–water partition coefficient (Wildman–Crippen LogP) is 5.91. The molecule has 0 saturated heterocycles. The molecule has 7 heteroatoms. The Morgan fingerprint density at radius 1 is 0.977 bits per heavy atom. The Morgan fingerprint density at radius 2 is 1.65 bits per heavy atom. The maximum atomic E-state index is 13.2. The van der Waals surface area contributed by atoms with Crippen LogP contribution in [-0.2, 0) is 27.4 Å². The molecular weight excluding hydrogens is 536 g/mol. The lowest BCUT2D eigenvalue weighted by atomic mass is 9.91. The Hall–Kier alpha value is -4.23. The average Bonchev–Trinajstić information content (AvgIpc) is 3.84. The fraction of sp³-hybridized carbons (Fsp3) is 0.361. The van der Waals surface area contributed by atoms with Gasteiger partial charge < -0.3 is 10.1 Å². The summed E-state index contributed by atoms with van der Waals surface area (Å²) in [5, 5.41) is 12.7. The third kappa shape index (κ3) is 8.42. The van der Waals surface area contributed by atoms with Crippen molar-refractivity contribution < 1.29 is 14.3 Å². The molecule has 1 fully saturated rings. The lowest BCUT2D eigenvalue weighted by Crippen LogP contribution is -2.50. The van der Waals surface area contributed by atoms with Gasteiger partial charge >= 0.3 is 5.97 Å². The smallest absolute Gasteiger partial charge is 0.309 e. The molecule has 5 atom stereocenters. The minimum Gasteiger partial charge on any atom is -0.461 e. The highest BCUT2D eigenvalue weighted by molar-refractivity contribution is 6.36. The molecule has 4 N–H and O–H groups in total. The Balaban J connectivity index is 1.20. The van der Waals surface area contributed by atoms with E-state index in [0.29, 0.717) is 31.2 Å². The monoisotopic (exact) mass is 578 g/mol. The second-order valence-electron chi connectivity index (χ2n) is 12.0. The minimum absolute atomic E-state index is 0.202. The molecule has 224 valence electrons. The van der Waals surface area contributed by atoms with E-state index in [2.05, 4.69) is 41.7 Å². The molecule has 0 radical (unpaired) electrons. The van der Waals surface area contributed by atoms with Crippen LogP contribution in [0.2, 0.25) is 0 Å². The molecule has 5 rings (SSSR count). The molecule has 0 aliphatic heterocycles. The zero-order valence-electron chi connectivity index (χ0n) is 24.8. The molecule has 2 aliphatic rings. The third-order valence-electron chi connectivity index (χ3n) is 8.70. The van der Waals surface area contributed by atoms with E-state index in [4.69, 9.17) is 16.0 Å². The topological polar surface area (TPSA) is 109 Å². The van der Waals surface area contributed by atoms with Gasteiger partial charge in [0.05, 0.1) is 5.92 Å². The number of nitrogens with two attached hydrogens (primary N) is 1. The number of fused-ring (bicyclic) bond motifs is 1. The molecule has 1 amide bonds. The molecule has 0 bridgehead atoms. The van der Waals surface area contributed by atoms with Crippen LogP contribution in [0.3, 0.4) is 0 Å². The van der Waals surface area contributed by atoms with Gasteiger partial charge in [-0.3, -0.25) is 20.0 Å². The number of hydrazine groups is 1. The van der Waals surface area contributed by atoms with Crippen LogP contribution in [0.25, 0.3) is 11.1 Å². The fourth-order valence-electron chi connectivity index (χ4n) is 6.07. The Morgan fingerprint density at radius 3 is 2.37 bits per heavy atom. The second-order valence-corrected chi connectivity index (χ2v) is 12.0. The van der Waals surface area contributed by atoms with Crippen LogP contribution >= 0.6 is 0 Å². The van der Waals surface area contributed by atoms with Crippen molar-refractivity contribution in [3.05, 3.63) is 108 Å². The lowest BCUT2D eigenvalue weighted by Gasteiger charge is -2.26. The zero-order valence-corrected chi connectivity index (χ0v) is 24.8. The first-order chi connectivity index (χ1) is 20.9. The zero-order chi connectivity index (χ0) is 30.2. The van der Waals surface area contributed by atoms with Gasteiger partial charge in [-0.2, -0.15) is 0 Å². The van der Waals surface area contributed by atoms with Crippen molar-refractivity contribution in [3.63, 3.8) is 0 Å². The van der Waals surface area contributed by atoms with Crippen molar-refractivity contribution in [1.29, 1.82) is 5.41 Å². The van der Waals surface area contributed by atoms with Crippen LogP contribution in [0.4, 0.5) is 0 Å². The summed E-state index contributed by atoms with van der Waals surface area (Å²) in [7, 11) is 0. The number of esters is 1. The normalized spacial score (nSPS) is 19.9.